The highest BCUT2D eigenvalue weighted by Crippen LogP contribution is 2.20. The van der Waals surface area contributed by atoms with Gasteiger partial charge in [-0.05, 0) is 32.0 Å². The van der Waals surface area contributed by atoms with Crippen molar-refractivity contribution in [2.24, 2.45) is 0 Å². The maximum atomic E-state index is 5.49. The highest BCUT2D eigenvalue weighted by Gasteiger charge is 2.10. The van der Waals surface area contributed by atoms with Gasteiger partial charge in [-0.3, -0.25) is 4.98 Å². The number of hydrogen-bond donors (Lipinski definition) is 1. The molecule has 0 amide bonds. The molecule has 0 saturated heterocycles. The second kappa shape index (κ2) is 9.72. The van der Waals surface area contributed by atoms with Crippen LogP contribution < -0.4 is 10.1 Å². The molecule has 1 aromatic heterocycles. The first-order chi connectivity index (χ1) is 9.31. The van der Waals surface area contributed by atoms with Gasteiger partial charge in [-0.25, -0.2) is 0 Å². The van der Waals surface area contributed by atoms with Crippen molar-refractivity contribution in [3.8, 4) is 5.75 Å². The summed E-state index contributed by atoms with van der Waals surface area (Å²) < 4.78 is 15.9. The van der Waals surface area contributed by atoms with E-state index >= 15 is 0 Å². The maximum absolute atomic E-state index is 5.49. The van der Waals surface area contributed by atoms with Crippen molar-refractivity contribution in [1.29, 1.82) is 0 Å². The molecule has 1 unspecified atom stereocenters. The van der Waals surface area contributed by atoms with Crippen LogP contribution in [0.5, 0.6) is 5.75 Å². The molecule has 1 aromatic rings. The lowest BCUT2D eigenvalue weighted by Crippen LogP contribution is -2.19. The second-order valence-electron chi connectivity index (χ2n) is 4.12. The first-order valence-electron chi connectivity index (χ1n) is 6.63. The van der Waals surface area contributed by atoms with E-state index in [1.807, 2.05) is 26.2 Å². The van der Waals surface area contributed by atoms with Crippen LogP contribution in [0.25, 0.3) is 0 Å². The first-order valence-corrected chi connectivity index (χ1v) is 6.63. The molecule has 108 valence electrons. The molecule has 1 rings (SSSR count). The third kappa shape index (κ3) is 6.00. The molecule has 1 N–H and O–H groups in total. The summed E-state index contributed by atoms with van der Waals surface area (Å²) in [5.74, 6) is 0.806. The number of methoxy groups -OCH3 is 1. The third-order valence-corrected chi connectivity index (χ3v) is 2.78. The molecule has 5 heteroatoms. The Morgan fingerprint density at radius 2 is 2.11 bits per heavy atom. The van der Waals surface area contributed by atoms with E-state index in [2.05, 4.69) is 10.3 Å². The van der Waals surface area contributed by atoms with Crippen LogP contribution in [0.4, 0.5) is 0 Å². The summed E-state index contributed by atoms with van der Waals surface area (Å²) in [4.78, 5) is 4.20. The van der Waals surface area contributed by atoms with Gasteiger partial charge in [-0.2, -0.15) is 0 Å². The molecule has 0 aliphatic heterocycles. The minimum absolute atomic E-state index is 0.218. The minimum Gasteiger partial charge on any atom is -0.492 e. The largest absolute Gasteiger partial charge is 0.492 e. The van der Waals surface area contributed by atoms with Crippen molar-refractivity contribution >= 4 is 0 Å². The normalized spacial score (nSPS) is 12.4. The Kier molecular flexibility index (Phi) is 8.13. The molecular formula is C14H24N2O3. The Morgan fingerprint density at radius 3 is 2.79 bits per heavy atom. The Bertz CT molecular complexity index is 347. The molecule has 0 saturated carbocycles. The van der Waals surface area contributed by atoms with Gasteiger partial charge in [0, 0.05) is 26.0 Å². The smallest absolute Gasteiger partial charge is 0.137 e. The van der Waals surface area contributed by atoms with Crippen molar-refractivity contribution in [2.75, 3.05) is 40.6 Å². The van der Waals surface area contributed by atoms with Gasteiger partial charge in [0.2, 0.25) is 0 Å². The molecule has 0 aliphatic carbocycles. The van der Waals surface area contributed by atoms with Gasteiger partial charge >= 0.3 is 0 Å². The summed E-state index contributed by atoms with van der Waals surface area (Å²) in [5, 5.41) is 3.27. The number of ether oxygens (including phenoxy) is 3. The van der Waals surface area contributed by atoms with Crippen LogP contribution in [0.3, 0.4) is 0 Å². The monoisotopic (exact) mass is 268 g/mol. The number of rotatable bonds is 10. The molecule has 0 spiro atoms. The molecular weight excluding hydrogens is 244 g/mol. The zero-order chi connectivity index (χ0) is 13.9. The van der Waals surface area contributed by atoms with E-state index in [9.17, 15) is 0 Å². The topological polar surface area (TPSA) is 52.6 Å². The molecule has 0 aliphatic rings. The van der Waals surface area contributed by atoms with Gasteiger partial charge in [0.15, 0.2) is 0 Å². The maximum Gasteiger partial charge on any atom is 0.137 e. The van der Waals surface area contributed by atoms with Crippen LogP contribution in [0, 0.1) is 0 Å². The fourth-order valence-corrected chi connectivity index (χ4v) is 1.79. The first kappa shape index (κ1) is 15.9. The molecule has 0 radical (unpaired) electrons. The van der Waals surface area contributed by atoms with Crippen LogP contribution >= 0.6 is 0 Å². The van der Waals surface area contributed by atoms with E-state index in [-0.39, 0.29) is 6.04 Å². The van der Waals surface area contributed by atoms with Crippen molar-refractivity contribution in [2.45, 2.75) is 19.4 Å². The van der Waals surface area contributed by atoms with Crippen molar-refractivity contribution in [3.05, 3.63) is 24.0 Å². The summed E-state index contributed by atoms with van der Waals surface area (Å²) in [6.45, 7) is 4.56. The lowest BCUT2D eigenvalue weighted by atomic mass is 10.1. The molecule has 1 heterocycles. The third-order valence-electron chi connectivity index (χ3n) is 2.78. The van der Waals surface area contributed by atoms with Crippen molar-refractivity contribution in [1.82, 2.24) is 10.3 Å². The molecule has 0 aromatic carbocycles. The minimum atomic E-state index is 0.218. The lowest BCUT2D eigenvalue weighted by Gasteiger charge is -2.17. The zero-order valence-corrected chi connectivity index (χ0v) is 12.0. The van der Waals surface area contributed by atoms with E-state index in [1.165, 1.54) is 0 Å². The van der Waals surface area contributed by atoms with E-state index in [1.54, 1.807) is 13.3 Å². The predicted octanol–water partition coefficient (Wildman–Crippen LogP) is 1.79. The van der Waals surface area contributed by atoms with Crippen LogP contribution in [0.1, 0.15) is 24.9 Å². The Labute approximate surface area is 115 Å². The number of nitrogens with one attached hydrogen (secondary N) is 1. The van der Waals surface area contributed by atoms with Crippen molar-refractivity contribution < 1.29 is 14.2 Å². The van der Waals surface area contributed by atoms with Gasteiger partial charge in [-0.15, -0.1) is 0 Å². The summed E-state index contributed by atoms with van der Waals surface area (Å²) in [7, 11) is 3.61. The summed E-state index contributed by atoms with van der Waals surface area (Å²) in [6, 6.07) is 2.24. The molecule has 5 nitrogen and oxygen atoms in total. The summed E-state index contributed by atoms with van der Waals surface area (Å²) in [6.07, 6.45) is 4.48. The van der Waals surface area contributed by atoms with Gasteiger partial charge in [-0.1, -0.05) is 0 Å². The molecule has 0 fully saturated rings. The Balaban J connectivity index is 2.46. The molecule has 1 atom stereocenters. The van der Waals surface area contributed by atoms with E-state index in [4.69, 9.17) is 14.2 Å². The average Bonchev–Trinajstić information content (AvgIpc) is 2.43. The fourth-order valence-electron chi connectivity index (χ4n) is 1.79. The van der Waals surface area contributed by atoms with Crippen LogP contribution in [-0.2, 0) is 9.47 Å². The lowest BCUT2D eigenvalue weighted by molar-refractivity contribution is 0.0660. The highest BCUT2D eigenvalue weighted by molar-refractivity contribution is 5.26. The van der Waals surface area contributed by atoms with Gasteiger partial charge < -0.3 is 19.5 Å². The number of aromatic nitrogens is 1. The summed E-state index contributed by atoms with van der Waals surface area (Å²) in [5.41, 5.74) is 1.11. The molecule has 19 heavy (non-hydrogen) atoms. The number of hydrogen-bond acceptors (Lipinski definition) is 5. The van der Waals surface area contributed by atoms with Gasteiger partial charge in [0.05, 0.1) is 26.0 Å². The van der Waals surface area contributed by atoms with Gasteiger partial charge in [0.1, 0.15) is 5.75 Å². The Hall–Kier alpha value is -1.17. The Morgan fingerprint density at radius 1 is 1.26 bits per heavy atom. The SMILES string of the molecule is CCOc1cncc(C(CCOCCOC)NC)c1. The number of nitrogens with zero attached hydrogens (tertiary/aromatic N) is 1. The second-order valence-corrected chi connectivity index (χ2v) is 4.12. The van der Waals surface area contributed by atoms with E-state index in [0.29, 0.717) is 26.4 Å². The van der Waals surface area contributed by atoms with Crippen molar-refractivity contribution in [3.63, 3.8) is 0 Å². The van der Waals surface area contributed by atoms with E-state index < -0.39 is 0 Å². The average molecular weight is 268 g/mol. The summed E-state index contributed by atoms with van der Waals surface area (Å²) >= 11 is 0. The number of pyridine rings is 1. The van der Waals surface area contributed by atoms with E-state index in [0.717, 1.165) is 17.7 Å². The standard InChI is InChI=1S/C14H24N2O3/c1-4-19-13-9-12(10-16-11-13)14(15-2)5-6-18-8-7-17-3/h9-11,14-15H,4-8H2,1-3H3. The molecule has 0 bridgehead atoms. The van der Waals surface area contributed by atoms with Crippen LogP contribution in [0.15, 0.2) is 18.5 Å². The zero-order valence-electron chi connectivity index (χ0n) is 12.0. The fraction of sp³-hybridized carbons (Fsp3) is 0.643. The predicted molar refractivity (Wildman–Crippen MR) is 74.5 cm³/mol. The highest BCUT2D eigenvalue weighted by atomic mass is 16.5. The quantitative estimate of drug-likeness (QED) is 0.656. The van der Waals surface area contributed by atoms with Crippen LogP contribution in [0.2, 0.25) is 0 Å². The van der Waals surface area contributed by atoms with Crippen LogP contribution in [-0.4, -0.2) is 45.6 Å². The van der Waals surface area contributed by atoms with Gasteiger partial charge in [0.25, 0.3) is 0 Å².